The van der Waals surface area contributed by atoms with Crippen molar-refractivity contribution in [3.63, 3.8) is 0 Å². The largest absolute Gasteiger partial charge is 0.496 e. The highest BCUT2D eigenvalue weighted by Crippen LogP contribution is 2.24. The van der Waals surface area contributed by atoms with Gasteiger partial charge < -0.3 is 14.8 Å². The minimum atomic E-state index is -0.228. The Kier molecular flexibility index (Phi) is 5.29. The Hall–Kier alpha value is -0.540. The van der Waals surface area contributed by atoms with E-state index < -0.39 is 0 Å². The van der Waals surface area contributed by atoms with Crippen LogP contribution in [0.15, 0.2) is 11.8 Å². The van der Waals surface area contributed by atoms with Gasteiger partial charge in [-0.1, -0.05) is 6.92 Å². The summed E-state index contributed by atoms with van der Waals surface area (Å²) < 4.78 is 11.6. The Morgan fingerprint density at radius 2 is 2.25 bits per heavy atom. The van der Waals surface area contributed by atoms with Crippen LogP contribution in [0.3, 0.4) is 0 Å². The summed E-state index contributed by atoms with van der Waals surface area (Å²) in [5.74, 6) is 1.05. The molecular formula is C13H25NO2. The summed E-state index contributed by atoms with van der Waals surface area (Å²) in [7, 11) is 0. The average Bonchev–Trinajstić information content (AvgIpc) is 2.27. The van der Waals surface area contributed by atoms with Crippen molar-refractivity contribution in [3.05, 3.63) is 11.8 Å². The lowest BCUT2D eigenvalue weighted by atomic mass is 9.95. The summed E-state index contributed by atoms with van der Waals surface area (Å²) in [5, 5.41) is 3.46. The van der Waals surface area contributed by atoms with Gasteiger partial charge in [0, 0.05) is 6.61 Å². The number of nitrogens with one attached hydrogen (secondary N) is 1. The Balaban J connectivity index is 2.76. The molecule has 1 unspecified atom stereocenters. The van der Waals surface area contributed by atoms with Crippen LogP contribution in [0.5, 0.6) is 0 Å². The lowest BCUT2D eigenvalue weighted by molar-refractivity contribution is -0.0431. The second-order valence-corrected chi connectivity index (χ2v) is 4.62. The van der Waals surface area contributed by atoms with E-state index in [-0.39, 0.29) is 11.6 Å². The van der Waals surface area contributed by atoms with E-state index in [1.807, 2.05) is 6.92 Å². The second kappa shape index (κ2) is 6.26. The SMILES string of the molecule is CCNC(C1=CCCCO1)C(C)(C)OCC. The average molecular weight is 227 g/mol. The molecule has 0 saturated heterocycles. The standard InChI is InChI=1S/C13H25NO2/c1-5-14-12(13(3,4)16-6-2)11-9-7-8-10-15-11/h9,12,14H,5-8,10H2,1-4H3. The normalized spacial score (nSPS) is 18.9. The van der Waals surface area contributed by atoms with Crippen LogP contribution in [-0.4, -0.2) is 31.4 Å². The maximum absolute atomic E-state index is 5.81. The van der Waals surface area contributed by atoms with Crippen LogP contribution in [0.4, 0.5) is 0 Å². The van der Waals surface area contributed by atoms with Crippen LogP contribution in [-0.2, 0) is 9.47 Å². The number of hydrogen-bond donors (Lipinski definition) is 1. The first kappa shape index (κ1) is 13.5. The van der Waals surface area contributed by atoms with E-state index in [9.17, 15) is 0 Å². The van der Waals surface area contributed by atoms with Gasteiger partial charge in [-0.15, -0.1) is 0 Å². The van der Waals surface area contributed by atoms with E-state index in [1.54, 1.807) is 0 Å². The van der Waals surface area contributed by atoms with Crippen molar-refractivity contribution in [2.24, 2.45) is 0 Å². The lowest BCUT2D eigenvalue weighted by Gasteiger charge is -2.36. The van der Waals surface area contributed by atoms with Gasteiger partial charge in [-0.2, -0.15) is 0 Å². The first-order valence-electron chi connectivity index (χ1n) is 6.32. The third-order valence-corrected chi connectivity index (χ3v) is 2.87. The molecule has 1 N–H and O–H groups in total. The molecule has 16 heavy (non-hydrogen) atoms. The molecule has 3 heteroatoms. The first-order valence-corrected chi connectivity index (χ1v) is 6.32. The van der Waals surface area contributed by atoms with E-state index >= 15 is 0 Å². The van der Waals surface area contributed by atoms with Gasteiger partial charge in [0.1, 0.15) is 5.76 Å². The molecule has 1 aliphatic rings. The minimum absolute atomic E-state index is 0.151. The number of likely N-dealkylation sites (N-methyl/N-ethyl adjacent to an activating group) is 1. The molecule has 0 aromatic rings. The van der Waals surface area contributed by atoms with Crippen molar-refractivity contribution in [2.45, 2.75) is 52.2 Å². The van der Waals surface area contributed by atoms with Crippen molar-refractivity contribution in [3.8, 4) is 0 Å². The van der Waals surface area contributed by atoms with Gasteiger partial charge >= 0.3 is 0 Å². The van der Waals surface area contributed by atoms with Gasteiger partial charge in [0.15, 0.2) is 0 Å². The highest BCUT2D eigenvalue weighted by molar-refractivity contribution is 5.11. The summed E-state index contributed by atoms with van der Waals surface area (Å²) in [6.45, 7) is 10.8. The molecule has 94 valence electrons. The van der Waals surface area contributed by atoms with Gasteiger partial charge in [-0.25, -0.2) is 0 Å². The molecule has 0 radical (unpaired) electrons. The lowest BCUT2D eigenvalue weighted by Crippen LogP contribution is -2.50. The Morgan fingerprint density at radius 3 is 2.75 bits per heavy atom. The van der Waals surface area contributed by atoms with Crippen LogP contribution in [0.2, 0.25) is 0 Å². The zero-order valence-electron chi connectivity index (χ0n) is 11.0. The molecular weight excluding hydrogens is 202 g/mol. The molecule has 0 bridgehead atoms. The summed E-state index contributed by atoms with van der Waals surface area (Å²) in [6.07, 6.45) is 4.43. The van der Waals surface area contributed by atoms with Gasteiger partial charge in [0.2, 0.25) is 0 Å². The number of ether oxygens (including phenoxy) is 2. The van der Waals surface area contributed by atoms with Crippen LogP contribution in [0, 0.1) is 0 Å². The van der Waals surface area contributed by atoms with Gasteiger partial charge in [0.25, 0.3) is 0 Å². The third kappa shape index (κ3) is 3.49. The zero-order chi connectivity index (χ0) is 12.0. The van der Waals surface area contributed by atoms with Gasteiger partial charge in [-0.3, -0.25) is 0 Å². The van der Waals surface area contributed by atoms with E-state index in [0.717, 1.165) is 38.4 Å². The summed E-state index contributed by atoms with van der Waals surface area (Å²) in [6, 6.07) is 0.151. The predicted molar refractivity (Wildman–Crippen MR) is 66.4 cm³/mol. The van der Waals surface area contributed by atoms with Gasteiger partial charge in [-0.05, 0) is 46.2 Å². The van der Waals surface area contributed by atoms with Gasteiger partial charge in [0.05, 0.1) is 18.2 Å². The number of allylic oxidation sites excluding steroid dienone is 1. The smallest absolute Gasteiger partial charge is 0.112 e. The maximum atomic E-state index is 5.81. The Labute approximate surface area is 99.2 Å². The number of rotatable bonds is 6. The maximum Gasteiger partial charge on any atom is 0.112 e. The fourth-order valence-electron chi connectivity index (χ4n) is 2.13. The molecule has 1 rings (SSSR count). The van der Waals surface area contributed by atoms with Crippen molar-refractivity contribution in [1.29, 1.82) is 0 Å². The highest BCUT2D eigenvalue weighted by Gasteiger charge is 2.34. The minimum Gasteiger partial charge on any atom is -0.496 e. The third-order valence-electron chi connectivity index (χ3n) is 2.87. The monoisotopic (exact) mass is 227 g/mol. The fraction of sp³-hybridized carbons (Fsp3) is 0.846. The van der Waals surface area contributed by atoms with Crippen molar-refractivity contribution in [1.82, 2.24) is 5.32 Å². The molecule has 1 heterocycles. The van der Waals surface area contributed by atoms with E-state index in [0.29, 0.717) is 0 Å². The molecule has 0 aromatic carbocycles. The van der Waals surface area contributed by atoms with Crippen molar-refractivity contribution < 1.29 is 9.47 Å². The predicted octanol–water partition coefficient (Wildman–Crippen LogP) is 2.47. The van der Waals surface area contributed by atoms with Crippen LogP contribution < -0.4 is 5.32 Å². The summed E-state index contributed by atoms with van der Waals surface area (Å²) >= 11 is 0. The molecule has 0 fully saturated rings. The van der Waals surface area contributed by atoms with E-state index in [4.69, 9.17) is 9.47 Å². The zero-order valence-corrected chi connectivity index (χ0v) is 11.0. The molecule has 1 aliphatic heterocycles. The fourth-order valence-corrected chi connectivity index (χ4v) is 2.13. The Bertz CT molecular complexity index is 236. The molecule has 0 aromatic heterocycles. The highest BCUT2D eigenvalue weighted by atomic mass is 16.5. The van der Waals surface area contributed by atoms with Crippen LogP contribution in [0.25, 0.3) is 0 Å². The van der Waals surface area contributed by atoms with Crippen molar-refractivity contribution in [2.75, 3.05) is 19.8 Å². The molecule has 0 saturated carbocycles. The molecule has 0 spiro atoms. The Morgan fingerprint density at radius 1 is 1.50 bits per heavy atom. The van der Waals surface area contributed by atoms with E-state index in [2.05, 4.69) is 32.2 Å². The van der Waals surface area contributed by atoms with Crippen LogP contribution in [0.1, 0.15) is 40.5 Å². The number of hydrogen-bond acceptors (Lipinski definition) is 3. The first-order chi connectivity index (χ1) is 7.61. The molecule has 0 aliphatic carbocycles. The summed E-state index contributed by atoms with van der Waals surface area (Å²) in [4.78, 5) is 0. The molecule has 1 atom stereocenters. The van der Waals surface area contributed by atoms with Crippen LogP contribution >= 0.6 is 0 Å². The molecule has 0 amide bonds. The molecule has 3 nitrogen and oxygen atoms in total. The topological polar surface area (TPSA) is 30.5 Å². The quantitative estimate of drug-likeness (QED) is 0.756. The van der Waals surface area contributed by atoms with E-state index in [1.165, 1.54) is 0 Å². The summed E-state index contributed by atoms with van der Waals surface area (Å²) in [5.41, 5.74) is -0.228. The second-order valence-electron chi connectivity index (χ2n) is 4.62. The van der Waals surface area contributed by atoms with Crippen molar-refractivity contribution >= 4 is 0 Å².